The molecule has 132 valence electrons. The number of anilines is 2. The van der Waals surface area contributed by atoms with Crippen molar-refractivity contribution in [3.63, 3.8) is 0 Å². The smallest absolute Gasteiger partial charge is 0.211 e. The molecule has 4 aromatic rings. The van der Waals surface area contributed by atoms with Crippen LogP contribution < -0.4 is 5.32 Å². The van der Waals surface area contributed by atoms with E-state index in [-0.39, 0.29) is 6.04 Å². The van der Waals surface area contributed by atoms with E-state index >= 15 is 0 Å². The number of benzene rings is 1. The Labute approximate surface area is 159 Å². The lowest BCUT2D eigenvalue weighted by molar-refractivity contribution is 0.557. The van der Waals surface area contributed by atoms with Crippen molar-refractivity contribution in [1.82, 2.24) is 29.8 Å². The second-order valence-corrected chi connectivity index (χ2v) is 7.21. The van der Waals surface area contributed by atoms with Gasteiger partial charge in [-0.3, -0.25) is 9.36 Å². The zero-order valence-corrected chi connectivity index (χ0v) is 15.5. The molecule has 0 aliphatic carbocycles. The maximum Gasteiger partial charge on any atom is 0.211 e. The van der Waals surface area contributed by atoms with Crippen LogP contribution in [-0.2, 0) is 6.54 Å². The van der Waals surface area contributed by atoms with Crippen molar-refractivity contribution < 1.29 is 0 Å². The molecule has 26 heavy (non-hydrogen) atoms. The standard InChI is InChI=1S/C17H16ClN7S/c1-12(25-11-14(18)9-19-25)16-21-22-17(26-16)20-15-7-8-24(23-15)10-13-5-3-2-4-6-13/h2-9,11-12H,10H2,1H3,(H,20,22,23)/t12-/m1/s1. The number of rotatable bonds is 6. The highest BCUT2D eigenvalue weighted by Crippen LogP contribution is 2.26. The Bertz CT molecular complexity index is 991. The quantitative estimate of drug-likeness (QED) is 0.543. The third kappa shape index (κ3) is 3.76. The normalized spacial score (nSPS) is 12.2. The van der Waals surface area contributed by atoms with Crippen LogP contribution in [0.15, 0.2) is 55.0 Å². The fraction of sp³-hybridized carbons (Fsp3) is 0.176. The molecule has 3 aromatic heterocycles. The first-order valence-electron chi connectivity index (χ1n) is 8.05. The summed E-state index contributed by atoms with van der Waals surface area (Å²) in [5, 5.41) is 22.5. The van der Waals surface area contributed by atoms with Crippen molar-refractivity contribution in [1.29, 1.82) is 0 Å². The molecule has 1 aromatic carbocycles. The third-order valence-corrected chi connectivity index (χ3v) is 5.03. The lowest BCUT2D eigenvalue weighted by Crippen LogP contribution is -2.06. The van der Waals surface area contributed by atoms with Crippen LogP contribution >= 0.6 is 22.9 Å². The number of aromatic nitrogens is 6. The predicted molar refractivity (Wildman–Crippen MR) is 102 cm³/mol. The van der Waals surface area contributed by atoms with E-state index in [0.29, 0.717) is 10.2 Å². The van der Waals surface area contributed by atoms with Gasteiger partial charge in [0.25, 0.3) is 0 Å². The molecule has 1 N–H and O–H groups in total. The van der Waals surface area contributed by atoms with E-state index in [9.17, 15) is 0 Å². The average molecular weight is 386 g/mol. The molecule has 7 nitrogen and oxygen atoms in total. The maximum atomic E-state index is 5.93. The molecule has 3 heterocycles. The summed E-state index contributed by atoms with van der Waals surface area (Å²) >= 11 is 7.39. The highest BCUT2D eigenvalue weighted by molar-refractivity contribution is 7.15. The van der Waals surface area contributed by atoms with Crippen molar-refractivity contribution in [3.05, 3.63) is 70.6 Å². The van der Waals surface area contributed by atoms with Crippen LogP contribution in [0.4, 0.5) is 10.9 Å². The van der Waals surface area contributed by atoms with E-state index in [2.05, 4.69) is 37.8 Å². The molecule has 0 radical (unpaired) electrons. The van der Waals surface area contributed by atoms with Gasteiger partial charge in [-0.05, 0) is 12.5 Å². The van der Waals surface area contributed by atoms with Gasteiger partial charge >= 0.3 is 0 Å². The number of halogens is 1. The van der Waals surface area contributed by atoms with Gasteiger partial charge in [-0.2, -0.15) is 10.2 Å². The van der Waals surface area contributed by atoms with Crippen LogP contribution in [0.2, 0.25) is 5.02 Å². The molecular weight excluding hydrogens is 370 g/mol. The van der Waals surface area contributed by atoms with Crippen LogP contribution in [0.5, 0.6) is 0 Å². The molecule has 0 bridgehead atoms. The van der Waals surface area contributed by atoms with Gasteiger partial charge < -0.3 is 5.32 Å². The molecule has 0 aliphatic heterocycles. The Balaban J connectivity index is 1.43. The van der Waals surface area contributed by atoms with Crippen molar-refractivity contribution in [2.24, 2.45) is 0 Å². The summed E-state index contributed by atoms with van der Waals surface area (Å²) in [5.74, 6) is 0.735. The van der Waals surface area contributed by atoms with Gasteiger partial charge in [-0.1, -0.05) is 53.3 Å². The minimum absolute atomic E-state index is 0.0359. The number of nitrogens with zero attached hydrogens (tertiary/aromatic N) is 6. The highest BCUT2D eigenvalue weighted by atomic mass is 35.5. The van der Waals surface area contributed by atoms with Gasteiger partial charge in [0.15, 0.2) is 5.82 Å². The summed E-state index contributed by atoms with van der Waals surface area (Å²) in [6.07, 6.45) is 5.31. The summed E-state index contributed by atoms with van der Waals surface area (Å²) in [6, 6.07) is 12.1. The van der Waals surface area contributed by atoms with Gasteiger partial charge in [-0.25, -0.2) is 0 Å². The fourth-order valence-electron chi connectivity index (χ4n) is 2.49. The summed E-state index contributed by atoms with van der Waals surface area (Å²) < 4.78 is 3.65. The Hall–Kier alpha value is -2.71. The zero-order chi connectivity index (χ0) is 17.9. The first-order valence-corrected chi connectivity index (χ1v) is 9.24. The Morgan fingerprint density at radius 1 is 1.19 bits per heavy atom. The van der Waals surface area contributed by atoms with Crippen LogP contribution in [0.25, 0.3) is 0 Å². The maximum absolute atomic E-state index is 5.93. The predicted octanol–water partition coefficient (Wildman–Crippen LogP) is 3.99. The molecule has 4 rings (SSSR count). The molecule has 0 amide bonds. The van der Waals surface area contributed by atoms with E-state index in [1.807, 2.05) is 42.1 Å². The van der Waals surface area contributed by atoms with Gasteiger partial charge in [0, 0.05) is 18.5 Å². The zero-order valence-electron chi connectivity index (χ0n) is 14.0. The molecule has 9 heteroatoms. The molecule has 0 unspecified atom stereocenters. The van der Waals surface area contributed by atoms with Gasteiger partial charge in [0.1, 0.15) is 11.0 Å². The topological polar surface area (TPSA) is 73.5 Å². The first kappa shape index (κ1) is 16.7. The fourth-order valence-corrected chi connectivity index (χ4v) is 3.43. The van der Waals surface area contributed by atoms with Crippen molar-refractivity contribution in [2.75, 3.05) is 5.32 Å². The van der Waals surface area contributed by atoms with E-state index in [1.54, 1.807) is 17.1 Å². The molecule has 1 atom stereocenters. The molecule has 0 spiro atoms. The first-order chi connectivity index (χ1) is 12.7. The Morgan fingerprint density at radius 2 is 2.04 bits per heavy atom. The number of hydrogen-bond donors (Lipinski definition) is 1. The van der Waals surface area contributed by atoms with E-state index in [1.165, 1.54) is 16.9 Å². The van der Waals surface area contributed by atoms with Crippen LogP contribution in [0.1, 0.15) is 23.5 Å². The second kappa shape index (κ2) is 7.27. The summed E-state index contributed by atoms with van der Waals surface area (Å²) in [7, 11) is 0. The van der Waals surface area contributed by atoms with Crippen molar-refractivity contribution >= 4 is 33.9 Å². The van der Waals surface area contributed by atoms with Crippen molar-refractivity contribution in [2.45, 2.75) is 19.5 Å². The minimum atomic E-state index is -0.0359. The second-order valence-electron chi connectivity index (χ2n) is 5.77. The Kier molecular flexibility index (Phi) is 4.68. The lowest BCUT2D eigenvalue weighted by Gasteiger charge is -2.06. The molecule has 0 saturated heterocycles. The number of hydrogen-bond acceptors (Lipinski definition) is 6. The number of nitrogens with one attached hydrogen (secondary N) is 1. The van der Waals surface area contributed by atoms with Crippen molar-refractivity contribution in [3.8, 4) is 0 Å². The molecule has 0 aliphatic rings. The SMILES string of the molecule is C[C@H](c1nnc(Nc2ccn(Cc3ccccc3)n2)s1)n1cc(Cl)cn1. The lowest BCUT2D eigenvalue weighted by atomic mass is 10.2. The largest absolute Gasteiger partial charge is 0.313 e. The van der Waals surface area contributed by atoms with Crippen LogP contribution in [0, 0.1) is 0 Å². The third-order valence-electron chi connectivity index (χ3n) is 3.83. The highest BCUT2D eigenvalue weighted by Gasteiger charge is 2.15. The molecule has 0 saturated carbocycles. The van der Waals surface area contributed by atoms with E-state index in [0.717, 1.165) is 17.4 Å². The Morgan fingerprint density at radius 3 is 2.81 bits per heavy atom. The monoisotopic (exact) mass is 385 g/mol. The minimum Gasteiger partial charge on any atom is -0.313 e. The van der Waals surface area contributed by atoms with Crippen LogP contribution in [0.3, 0.4) is 0 Å². The summed E-state index contributed by atoms with van der Waals surface area (Å²) in [6.45, 7) is 2.73. The molecular formula is C17H16ClN7S. The average Bonchev–Trinajstić information content (AvgIpc) is 3.38. The van der Waals surface area contributed by atoms with Gasteiger partial charge in [-0.15, -0.1) is 10.2 Å². The van der Waals surface area contributed by atoms with E-state index in [4.69, 9.17) is 11.6 Å². The van der Waals surface area contributed by atoms with Crippen LogP contribution in [-0.4, -0.2) is 29.8 Å². The summed E-state index contributed by atoms with van der Waals surface area (Å²) in [5.41, 5.74) is 1.20. The van der Waals surface area contributed by atoms with Gasteiger partial charge in [0.2, 0.25) is 5.13 Å². The van der Waals surface area contributed by atoms with Gasteiger partial charge in [0.05, 0.1) is 17.8 Å². The molecule has 0 fully saturated rings. The summed E-state index contributed by atoms with van der Waals surface area (Å²) in [4.78, 5) is 0. The van der Waals surface area contributed by atoms with E-state index < -0.39 is 0 Å².